The molecule has 0 aromatic carbocycles. The van der Waals surface area contributed by atoms with Crippen LogP contribution in [0.5, 0.6) is 0 Å². The molecule has 0 saturated heterocycles. The average molecular weight is 247 g/mol. The minimum Gasteiger partial charge on any atom is -0.265 e. The molecule has 3 aromatic heterocycles. The van der Waals surface area contributed by atoms with Crippen LogP contribution in [0.15, 0.2) is 42.2 Å². The molecule has 3 rings (SSSR count). The first-order valence-corrected chi connectivity index (χ1v) is 6.04. The summed E-state index contributed by atoms with van der Waals surface area (Å²) in [4.78, 5) is 9.29. The maximum Gasteiger partial charge on any atom is 0.125 e. The molecular formula is C12H7ClN2S. The van der Waals surface area contributed by atoms with Crippen molar-refractivity contribution in [2.45, 2.75) is 0 Å². The molecule has 2 nitrogen and oxygen atoms in total. The summed E-state index contributed by atoms with van der Waals surface area (Å²) < 4.78 is 0. The van der Waals surface area contributed by atoms with Gasteiger partial charge in [-0.05, 0) is 23.8 Å². The molecule has 0 spiro atoms. The number of thiophene rings is 1. The second-order valence-corrected chi connectivity index (χ2v) is 4.62. The van der Waals surface area contributed by atoms with Gasteiger partial charge in [-0.3, -0.25) is 4.98 Å². The van der Waals surface area contributed by atoms with Gasteiger partial charge in [0, 0.05) is 34.9 Å². The molecule has 78 valence electrons. The molecule has 0 N–H and O–H groups in total. The minimum absolute atomic E-state index is 0.748. The van der Waals surface area contributed by atoms with Crippen LogP contribution in [-0.2, 0) is 0 Å². The van der Waals surface area contributed by atoms with Gasteiger partial charge >= 0.3 is 0 Å². The van der Waals surface area contributed by atoms with E-state index >= 15 is 0 Å². The number of hydrogen-bond acceptors (Lipinski definition) is 3. The molecule has 0 saturated carbocycles. The monoisotopic (exact) mass is 246 g/mol. The number of hydrogen-bond donors (Lipinski definition) is 0. The average Bonchev–Trinajstić information content (AvgIpc) is 2.75. The molecule has 0 amide bonds. The van der Waals surface area contributed by atoms with Crippen molar-refractivity contribution in [2.24, 2.45) is 0 Å². The van der Waals surface area contributed by atoms with Crippen LogP contribution >= 0.6 is 22.9 Å². The molecule has 4 heteroatoms. The summed E-state index contributed by atoms with van der Waals surface area (Å²) in [6.45, 7) is 0. The van der Waals surface area contributed by atoms with E-state index in [1.165, 1.54) is 0 Å². The third kappa shape index (κ3) is 1.49. The van der Waals surface area contributed by atoms with E-state index in [4.69, 9.17) is 11.6 Å². The van der Waals surface area contributed by atoms with Gasteiger partial charge in [-0.15, -0.1) is 11.3 Å². The standard InChI is InChI=1S/C12H7ClN2S/c13-10-3-6-15-12-11(10)9(7-16-12)8-1-4-14-5-2-8/h1-7H. The lowest BCUT2D eigenvalue weighted by molar-refractivity contribution is 1.33. The predicted octanol–water partition coefficient (Wildman–Crippen LogP) is 4.01. The van der Waals surface area contributed by atoms with Crippen molar-refractivity contribution in [3.8, 4) is 11.1 Å². The van der Waals surface area contributed by atoms with E-state index in [2.05, 4.69) is 15.3 Å². The number of aromatic nitrogens is 2. The fourth-order valence-electron chi connectivity index (χ4n) is 1.67. The first-order chi connectivity index (χ1) is 7.86. The van der Waals surface area contributed by atoms with E-state index in [0.29, 0.717) is 0 Å². The normalized spacial score (nSPS) is 10.8. The van der Waals surface area contributed by atoms with Gasteiger partial charge in [0.2, 0.25) is 0 Å². The summed E-state index contributed by atoms with van der Waals surface area (Å²) in [5.41, 5.74) is 2.25. The van der Waals surface area contributed by atoms with Crippen LogP contribution in [0.25, 0.3) is 21.3 Å². The quantitative estimate of drug-likeness (QED) is 0.648. The Hall–Kier alpha value is -1.45. The van der Waals surface area contributed by atoms with Gasteiger partial charge in [-0.25, -0.2) is 4.98 Å². The van der Waals surface area contributed by atoms with Crippen LogP contribution in [0, 0.1) is 0 Å². The van der Waals surface area contributed by atoms with Crippen LogP contribution in [0.2, 0.25) is 5.02 Å². The van der Waals surface area contributed by atoms with E-state index in [1.807, 2.05) is 18.2 Å². The third-order valence-corrected chi connectivity index (χ3v) is 3.62. The van der Waals surface area contributed by atoms with Crippen LogP contribution in [-0.4, -0.2) is 9.97 Å². The lowest BCUT2D eigenvalue weighted by atomic mass is 10.1. The van der Waals surface area contributed by atoms with Gasteiger partial charge in [-0.1, -0.05) is 11.6 Å². The van der Waals surface area contributed by atoms with Crippen LogP contribution < -0.4 is 0 Å². The summed E-state index contributed by atoms with van der Waals surface area (Å²) >= 11 is 7.81. The second kappa shape index (κ2) is 3.85. The molecule has 3 heterocycles. The lowest BCUT2D eigenvalue weighted by Gasteiger charge is -1.99. The zero-order valence-electron chi connectivity index (χ0n) is 8.22. The maximum atomic E-state index is 6.20. The molecule has 16 heavy (non-hydrogen) atoms. The van der Waals surface area contributed by atoms with Crippen LogP contribution in [0.4, 0.5) is 0 Å². The molecule has 0 unspecified atom stereocenters. The van der Waals surface area contributed by atoms with Crippen molar-refractivity contribution >= 4 is 33.2 Å². The van der Waals surface area contributed by atoms with Gasteiger partial charge in [0.05, 0.1) is 5.02 Å². The first-order valence-electron chi connectivity index (χ1n) is 4.78. The Morgan fingerprint density at radius 1 is 1.06 bits per heavy atom. The molecule has 0 aliphatic rings. The van der Waals surface area contributed by atoms with Crippen molar-refractivity contribution in [1.82, 2.24) is 9.97 Å². The molecule has 0 aliphatic heterocycles. The largest absolute Gasteiger partial charge is 0.265 e. The molecular weight excluding hydrogens is 240 g/mol. The Bertz CT molecular complexity index is 634. The van der Waals surface area contributed by atoms with Crippen LogP contribution in [0.1, 0.15) is 0 Å². The van der Waals surface area contributed by atoms with Crippen molar-refractivity contribution in [2.75, 3.05) is 0 Å². The maximum absolute atomic E-state index is 6.20. The van der Waals surface area contributed by atoms with Gasteiger partial charge in [0.15, 0.2) is 0 Å². The van der Waals surface area contributed by atoms with E-state index in [9.17, 15) is 0 Å². The van der Waals surface area contributed by atoms with Gasteiger partial charge < -0.3 is 0 Å². The Morgan fingerprint density at radius 3 is 2.69 bits per heavy atom. The molecule has 0 fully saturated rings. The molecule has 0 radical (unpaired) electrons. The van der Waals surface area contributed by atoms with Crippen LogP contribution in [0.3, 0.4) is 0 Å². The zero-order valence-corrected chi connectivity index (χ0v) is 9.79. The number of pyridine rings is 2. The Morgan fingerprint density at radius 2 is 1.88 bits per heavy atom. The van der Waals surface area contributed by atoms with Crippen molar-refractivity contribution in [1.29, 1.82) is 0 Å². The summed E-state index contributed by atoms with van der Waals surface area (Å²) in [6, 6.07) is 5.77. The van der Waals surface area contributed by atoms with Crippen molar-refractivity contribution in [3.05, 3.63) is 47.2 Å². The summed E-state index contributed by atoms with van der Waals surface area (Å²) in [5.74, 6) is 0. The van der Waals surface area contributed by atoms with Gasteiger partial charge in [0.25, 0.3) is 0 Å². The highest BCUT2D eigenvalue weighted by molar-refractivity contribution is 7.17. The Labute approximate surface area is 102 Å². The van der Waals surface area contributed by atoms with E-state index in [-0.39, 0.29) is 0 Å². The highest BCUT2D eigenvalue weighted by Gasteiger charge is 2.09. The van der Waals surface area contributed by atoms with E-state index in [0.717, 1.165) is 26.4 Å². The zero-order chi connectivity index (χ0) is 11.0. The molecule has 0 aliphatic carbocycles. The smallest absolute Gasteiger partial charge is 0.125 e. The van der Waals surface area contributed by atoms with Gasteiger partial charge in [-0.2, -0.15) is 0 Å². The number of nitrogens with zero attached hydrogens (tertiary/aromatic N) is 2. The number of halogens is 1. The fourth-order valence-corrected chi connectivity index (χ4v) is 2.92. The van der Waals surface area contributed by atoms with Crippen molar-refractivity contribution in [3.63, 3.8) is 0 Å². The Balaban J connectivity index is 2.33. The fraction of sp³-hybridized carbons (Fsp3) is 0. The number of rotatable bonds is 1. The van der Waals surface area contributed by atoms with Crippen molar-refractivity contribution < 1.29 is 0 Å². The first kappa shape index (κ1) is 9.75. The Kier molecular flexibility index (Phi) is 2.35. The summed E-state index contributed by atoms with van der Waals surface area (Å²) in [6.07, 6.45) is 5.30. The van der Waals surface area contributed by atoms with E-state index in [1.54, 1.807) is 29.9 Å². The summed E-state index contributed by atoms with van der Waals surface area (Å²) in [5, 5.41) is 3.86. The number of fused-ring (bicyclic) bond motifs is 1. The third-order valence-electron chi connectivity index (χ3n) is 2.41. The topological polar surface area (TPSA) is 25.8 Å². The predicted molar refractivity (Wildman–Crippen MR) is 67.9 cm³/mol. The highest BCUT2D eigenvalue weighted by atomic mass is 35.5. The lowest BCUT2D eigenvalue weighted by Crippen LogP contribution is -1.78. The minimum atomic E-state index is 0.748. The summed E-state index contributed by atoms with van der Waals surface area (Å²) in [7, 11) is 0. The highest BCUT2D eigenvalue weighted by Crippen LogP contribution is 2.36. The molecule has 0 bridgehead atoms. The SMILES string of the molecule is Clc1ccnc2scc(-c3ccncc3)c12. The second-order valence-electron chi connectivity index (χ2n) is 3.36. The van der Waals surface area contributed by atoms with E-state index < -0.39 is 0 Å². The molecule has 0 atom stereocenters. The molecule has 3 aromatic rings. The van der Waals surface area contributed by atoms with Gasteiger partial charge in [0.1, 0.15) is 4.83 Å².